The Labute approximate surface area is 181 Å². The third-order valence-electron chi connectivity index (χ3n) is 5.03. The Hall–Kier alpha value is -1.74. The van der Waals surface area contributed by atoms with E-state index in [0.717, 1.165) is 44.6 Å². The van der Waals surface area contributed by atoms with Crippen LogP contribution in [-0.2, 0) is 22.5 Å². The van der Waals surface area contributed by atoms with Crippen LogP contribution in [0, 0.1) is 5.82 Å². The summed E-state index contributed by atoms with van der Waals surface area (Å²) in [6, 6.07) is 4.58. The van der Waals surface area contributed by atoms with Gasteiger partial charge < -0.3 is 19.9 Å². The third-order valence-corrected chi connectivity index (χ3v) is 5.03. The van der Waals surface area contributed by atoms with Gasteiger partial charge in [-0.2, -0.15) is 0 Å². The summed E-state index contributed by atoms with van der Waals surface area (Å²) in [4.78, 5) is 12.3. The molecule has 10 heteroatoms. The normalized spacial score (nSPS) is 18.6. The van der Waals surface area contributed by atoms with E-state index in [1.165, 1.54) is 6.07 Å². The number of fused-ring (bicyclic) bond motifs is 1. The summed E-state index contributed by atoms with van der Waals surface area (Å²) in [5.74, 6) is 0.938. The van der Waals surface area contributed by atoms with Gasteiger partial charge in [-0.05, 0) is 31.0 Å². The van der Waals surface area contributed by atoms with E-state index >= 15 is 0 Å². The van der Waals surface area contributed by atoms with Crippen molar-refractivity contribution in [2.24, 2.45) is 0 Å². The maximum atomic E-state index is 14.5. The molecular formula is C19H26Cl2FN5O2. The molecule has 2 aliphatic heterocycles. The molecule has 1 unspecified atom stereocenters. The summed E-state index contributed by atoms with van der Waals surface area (Å²) in [6.45, 7) is 2.73. The van der Waals surface area contributed by atoms with Crippen molar-refractivity contribution in [2.75, 3.05) is 25.1 Å². The summed E-state index contributed by atoms with van der Waals surface area (Å²) in [7, 11) is 0. The molecule has 1 aromatic carbocycles. The number of rotatable bonds is 4. The van der Waals surface area contributed by atoms with Crippen molar-refractivity contribution in [2.45, 2.75) is 44.7 Å². The highest BCUT2D eigenvalue weighted by atomic mass is 35.5. The van der Waals surface area contributed by atoms with E-state index in [1.54, 1.807) is 12.1 Å². The lowest BCUT2D eigenvalue weighted by molar-refractivity contribution is -0.117. The van der Waals surface area contributed by atoms with Crippen molar-refractivity contribution in [3.8, 4) is 11.4 Å². The number of nitrogens with zero attached hydrogens (tertiary/aromatic N) is 3. The summed E-state index contributed by atoms with van der Waals surface area (Å²) < 4.78 is 21.9. The topological polar surface area (TPSA) is 81.1 Å². The molecule has 1 fully saturated rings. The molecule has 1 saturated heterocycles. The smallest absolute Gasteiger partial charge is 0.226 e. The van der Waals surface area contributed by atoms with E-state index in [4.69, 9.17) is 4.74 Å². The molecule has 0 aliphatic carbocycles. The summed E-state index contributed by atoms with van der Waals surface area (Å²) in [5, 5.41) is 14.6. The van der Waals surface area contributed by atoms with Gasteiger partial charge in [0, 0.05) is 37.7 Å². The van der Waals surface area contributed by atoms with Crippen LogP contribution < -0.4 is 10.6 Å². The van der Waals surface area contributed by atoms with Gasteiger partial charge in [0.15, 0.2) is 5.82 Å². The molecule has 7 nitrogen and oxygen atoms in total. The minimum Gasteiger partial charge on any atom is -0.378 e. The van der Waals surface area contributed by atoms with Crippen LogP contribution in [0.25, 0.3) is 11.4 Å². The molecule has 0 radical (unpaired) electrons. The first kappa shape index (κ1) is 23.5. The second-order valence-electron chi connectivity index (χ2n) is 7.08. The number of halogens is 3. The predicted molar refractivity (Wildman–Crippen MR) is 113 cm³/mol. The number of amides is 1. The van der Waals surface area contributed by atoms with E-state index in [2.05, 4.69) is 20.8 Å². The summed E-state index contributed by atoms with van der Waals surface area (Å²) >= 11 is 0. The Morgan fingerprint density at radius 3 is 2.93 bits per heavy atom. The number of carbonyl (C=O) groups excluding carboxylic acids is 1. The molecule has 1 atom stereocenters. The molecular weight excluding hydrogens is 420 g/mol. The number of morpholine rings is 1. The molecule has 1 aromatic heterocycles. The van der Waals surface area contributed by atoms with Gasteiger partial charge in [0.1, 0.15) is 11.6 Å². The molecule has 29 heavy (non-hydrogen) atoms. The number of aryl methyl sites for hydroxylation is 1. The Morgan fingerprint density at radius 1 is 1.28 bits per heavy atom. The number of nitrogens with one attached hydrogen (secondary N) is 2. The van der Waals surface area contributed by atoms with E-state index < -0.39 is 0 Å². The van der Waals surface area contributed by atoms with E-state index in [0.29, 0.717) is 36.7 Å². The van der Waals surface area contributed by atoms with Crippen LogP contribution in [0.3, 0.4) is 0 Å². The minimum absolute atomic E-state index is 0. The van der Waals surface area contributed by atoms with Crippen molar-refractivity contribution in [3.63, 3.8) is 0 Å². The Morgan fingerprint density at radius 2 is 2.14 bits per heavy atom. The van der Waals surface area contributed by atoms with Gasteiger partial charge in [-0.3, -0.25) is 4.79 Å². The highest BCUT2D eigenvalue weighted by molar-refractivity contribution is 5.91. The lowest BCUT2D eigenvalue weighted by Gasteiger charge is -2.23. The average Bonchev–Trinajstić information content (AvgIpc) is 2.92. The second-order valence-corrected chi connectivity index (χ2v) is 7.08. The molecule has 3 heterocycles. The van der Waals surface area contributed by atoms with Gasteiger partial charge in [-0.1, -0.05) is 6.42 Å². The van der Waals surface area contributed by atoms with Crippen molar-refractivity contribution in [3.05, 3.63) is 29.8 Å². The van der Waals surface area contributed by atoms with E-state index in [-0.39, 0.29) is 42.6 Å². The molecule has 2 N–H and O–H groups in total. The molecule has 0 bridgehead atoms. The number of aromatic nitrogens is 3. The van der Waals surface area contributed by atoms with Crippen LogP contribution >= 0.6 is 24.8 Å². The largest absolute Gasteiger partial charge is 0.378 e. The van der Waals surface area contributed by atoms with Crippen molar-refractivity contribution in [1.82, 2.24) is 20.1 Å². The fraction of sp³-hybridized carbons (Fsp3) is 0.526. The van der Waals surface area contributed by atoms with Gasteiger partial charge in [0.2, 0.25) is 5.91 Å². The Kier molecular flexibility index (Phi) is 8.82. The lowest BCUT2D eigenvalue weighted by atomic mass is 10.1. The molecule has 160 valence electrons. The quantitative estimate of drug-likeness (QED) is 0.755. The minimum atomic E-state index is -0.366. The molecule has 1 amide bonds. The molecule has 2 aliphatic rings. The maximum Gasteiger partial charge on any atom is 0.226 e. The van der Waals surface area contributed by atoms with Gasteiger partial charge in [-0.25, -0.2) is 4.39 Å². The highest BCUT2D eigenvalue weighted by Crippen LogP contribution is 2.27. The van der Waals surface area contributed by atoms with Crippen molar-refractivity contribution >= 4 is 36.4 Å². The van der Waals surface area contributed by atoms with Crippen LogP contribution in [0.2, 0.25) is 0 Å². The van der Waals surface area contributed by atoms with Crippen LogP contribution in [0.4, 0.5) is 10.1 Å². The van der Waals surface area contributed by atoms with Gasteiger partial charge in [-0.15, -0.1) is 35.0 Å². The standard InChI is InChI=1S/C19H24FN5O2.2ClH/c20-16-6-5-13(22-18(26)11-14-12-27-9-7-21-14)10-15(16)19-24-23-17-4-2-1-3-8-25(17)19;;/h5-6,10,14,21H,1-4,7-9,11-12H2,(H,22,26);2*1H. The Balaban J connectivity index is 0.00000150. The van der Waals surface area contributed by atoms with Crippen molar-refractivity contribution in [1.29, 1.82) is 0 Å². The van der Waals surface area contributed by atoms with Crippen LogP contribution in [0.1, 0.15) is 31.5 Å². The fourth-order valence-electron chi connectivity index (χ4n) is 3.65. The fourth-order valence-corrected chi connectivity index (χ4v) is 3.65. The summed E-state index contributed by atoms with van der Waals surface area (Å²) in [6.07, 6.45) is 4.43. The number of benzene rings is 1. The zero-order chi connectivity index (χ0) is 18.6. The maximum absolute atomic E-state index is 14.5. The third kappa shape index (κ3) is 5.66. The van der Waals surface area contributed by atoms with E-state index in [9.17, 15) is 9.18 Å². The van der Waals surface area contributed by atoms with Crippen LogP contribution in [0.15, 0.2) is 18.2 Å². The number of anilines is 1. The first-order chi connectivity index (χ1) is 13.2. The zero-order valence-corrected chi connectivity index (χ0v) is 17.7. The SMILES string of the molecule is Cl.Cl.O=C(CC1COCCN1)Nc1ccc(F)c(-c2nnc3n2CCCCC3)c1. The second kappa shape index (κ2) is 10.9. The molecule has 0 spiro atoms. The number of hydrogen-bond donors (Lipinski definition) is 2. The van der Waals surface area contributed by atoms with Crippen LogP contribution in [-0.4, -0.2) is 46.5 Å². The predicted octanol–water partition coefficient (Wildman–Crippen LogP) is 2.97. The van der Waals surface area contributed by atoms with Gasteiger partial charge in [0.05, 0.1) is 18.8 Å². The molecule has 2 aromatic rings. The van der Waals surface area contributed by atoms with Crippen LogP contribution in [0.5, 0.6) is 0 Å². The highest BCUT2D eigenvalue weighted by Gasteiger charge is 2.20. The molecule has 0 saturated carbocycles. The number of ether oxygens (including phenoxy) is 1. The number of carbonyl (C=O) groups is 1. The Bertz CT molecular complexity index is 827. The first-order valence-electron chi connectivity index (χ1n) is 9.53. The monoisotopic (exact) mass is 445 g/mol. The molecule has 4 rings (SSSR count). The van der Waals surface area contributed by atoms with E-state index in [1.807, 2.05) is 4.57 Å². The lowest BCUT2D eigenvalue weighted by Crippen LogP contribution is -2.43. The van der Waals surface area contributed by atoms with Gasteiger partial charge in [0.25, 0.3) is 0 Å². The van der Waals surface area contributed by atoms with Crippen molar-refractivity contribution < 1.29 is 13.9 Å². The summed E-state index contributed by atoms with van der Waals surface area (Å²) in [5.41, 5.74) is 0.923. The zero-order valence-electron chi connectivity index (χ0n) is 16.0. The first-order valence-corrected chi connectivity index (χ1v) is 9.53. The van der Waals surface area contributed by atoms with Gasteiger partial charge >= 0.3 is 0 Å². The average molecular weight is 446 g/mol. The number of hydrogen-bond acceptors (Lipinski definition) is 5.